The predicted molar refractivity (Wildman–Crippen MR) is 77.8 cm³/mol. The molecule has 1 heterocycles. The molecule has 0 fully saturated rings. The molecule has 0 aliphatic rings. The quantitative estimate of drug-likeness (QED) is 0.691. The van der Waals surface area contributed by atoms with Crippen LogP contribution in [-0.2, 0) is 11.2 Å². The molecule has 0 unspecified atom stereocenters. The van der Waals surface area contributed by atoms with Gasteiger partial charge in [0.1, 0.15) is 12.1 Å². The minimum atomic E-state index is -0.427. The summed E-state index contributed by atoms with van der Waals surface area (Å²) in [6, 6.07) is 13.3. The molecule has 21 heavy (non-hydrogen) atoms. The molecule has 0 saturated carbocycles. The van der Waals surface area contributed by atoms with E-state index < -0.39 is 5.82 Å². The molecule has 0 aliphatic carbocycles. The largest absolute Gasteiger partial charge is 0.303 e. The fraction of sp³-hybridized carbons (Fsp3) is 0.0588. The highest BCUT2D eigenvalue weighted by atomic mass is 19.1. The van der Waals surface area contributed by atoms with E-state index in [0.717, 1.165) is 0 Å². The highest BCUT2D eigenvalue weighted by Crippen LogP contribution is 2.25. The van der Waals surface area contributed by atoms with Gasteiger partial charge in [0.2, 0.25) is 0 Å². The molecule has 3 aromatic rings. The van der Waals surface area contributed by atoms with E-state index in [1.165, 1.54) is 16.8 Å². The SMILES string of the molecule is O=CCc1cn(C(=O)c2ccccc2)c2cccc(F)c12. The van der Waals surface area contributed by atoms with Gasteiger partial charge in [-0.2, -0.15) is 0 Å². The monoisotopic (exact) mass is 281 g/mol. The number of aldehydes is 1. The third-order valence-electron chi connectivity index (χ3n) is 3.40. The van der Waals surface area contributed by atoms with Crippen molar-refractivity contribution in [1.82, 2.24) is 4.57 Å². The summed E-state index contributed by atoms with van der Waals surface area (Å²) >= 11 is 0. The van der Waals surface area contributed by atoms with E-state index in [4.69, 9.17) is 0 Å². The predicted octanol–water partition coefficient (Wildman–Crippen LogP) is 3.21. The molecule has 0 spiro atoms. The number of hydrogen-bond donors (Lipinski definition) is 0. The lowest BCUT2D eigenvalue weighted by molar-refractivity contribution is -0.107. The van der Waals surface area contributed by atoms with Crippen molar-refractivity contribution in [2.24, 2.45) is 0 Å². The number of carbonyl (C=O) groups excluding carboxylic acids is 2. The van der Waals surface area contributed by atoms with E-state index in [1.54, 1.807) is 36.4 Å². The smallest absolute Gasteiger partial charge is 0.262 e. The highest BCUT2D eigenvalue weighted by Gasteiger charge is 2.17. The second-order valence-electron chi connectivity index (χ2n) is 4.70. The van der Waals surface area contributed by atoms with Crippen LogP contribution in [0.4, 0.5) is 4.39 Å². The Hall–Kier alpha value is -2.75. The lowest BCUT2D eigenvalue weighted by Gasteiger charge is -2.04. The van der Waals surface area contributed by atoms with E-state index in [2.05, 4.69) is 0 Å². The number of benzene rings is 2. The van der Waals surface area contributed by atoms with Crippen LogP contribution in [0.15, 0.2) is 54.7 Å². The molecule has 0 saturated heterocycles. The number of aromatic nitrogens is 1. The van der Waals surface area contributed by atoms with E-state index in [9.17, 15) is 14.0 Å². The molecule has 0 amide bonds. The van der Waals surface area contributed by atoms with Crippen LogP contribution < -0.4 is 0 Å². The second-order valence-corrected chi connectivity index (χ2v) is 4.70. The Balaban J connectivity index is 2.22. The Morgan fingerprint density at radius 2 is 1.86 bits per heavy atom. The van der Waals surface area contributed by atoms with E-state index >= 15 is 0 Å². The Kier molecular flexibility index (Phi) is 3.36. The summed E-state index contributed by atoms with van der Waals surface area (Å²) in [5, 5.41) is 0.328. The van der Waals surface area contributed by atoms with Crippen molar-refractivity contribution in [2.75, 3.05) is 0 Å². The third-order valence-corrected chi connectivity index (χ3v) is 3.40. The Bertz CT molecular complexity index is 821. The first kappa shape index (κ1) is 13.2. The van der Waals surface area contributed by atoms with Crippen molar-refractivity contribution in [1.29, 1.82) is 0 Å². The van der Waals surface area contributed by atoms with Gasteiger partial charge in [-0.1, -0.05) is 24.3 Å². The van der Waals surface area contributed by atoms with Gasteiger partial charge in [-0.05, 0) is 29.8 Å². The number of rotatable bonds is 3. The van der Waals surface area contributed by atoms with Gasteiger partial charge in [0, 0.05) is 23.6 Å². The van der Waals surface area contributed by atoms with E-state index in [-0.39, 0.29) is 12.3 Å². The molecule has 104 valence electrons. The van der Waals surface area contributed by atoms with Crippen LogP contribution in [0, 0.1) is 5.82 Å². The van der Waals surface area contributed by atoms with Gasteiger partial charge in [-0.25, -0.2) is 4.39 Å². The van der Waals surface area contributed by atoms with Gasteiger partial charge in [-0.15, -0.1) is 0 Å². The third kappa shape index (κ3) is 2.25. The van der Waals surface area contributed by atoms with Crippen molar-refractivity contribution < 1.29 is 14.0 Å². The Labute approximate surface area is 120 Å². The van der Waals surface area contributed by atoms with Gasteiger partial charge in [-0.3, -0.25) is 9.36 Å². The van der Waals surface area contributed by atoms with Crippen molar-refractivity contribution in [2.45, 2.75) is 6.42 Å². The van der Waals surface area contributed by atoms with Crippen molar-refractivity contribution >= 4 is 23.1 Å². The molecule has 0 aliphatic heterocycles. The molecule has 0 bridgehead atoms. The summed E-state index contributed by atoms with van der Waals surface area (Å²) in [4.78, 5) is 23.3. The topological polar surface area (TPSA) is 39.1 Å². The maximum atomic E-state index is 14.0. The molecular weight excluding hydrogens is 269 g/mol. The van der Waals surface area contributed by atoms with Gasteiger partial charge >= 0.3 is 0 Å². The minimum absolute atomic E-state index is 0.0759. The zero-order valence-electron chi connectivity index (χ0n) is 11.1. The zero-order valence-corrected chi connectivity index (χ0v) is 11.1. The summed E-state index contributed by atoms with van der Waals surface area (Å²) in [6.07, 6.45) is 2.32. The first-order valence-corrected chi connectivity index (χ1v) is 6.54. The van der Waals surface area contributed by atoms with Gasteiger partial charge in [0.05, 0.1) is 5.52 Å². The average Bonchev–Trinajstić information content (AvgIpc) is 2.88. The average molecular weight is 281 g/mol. The van der Waals surface area contributed by atoms with Crippen molar-refractivity contribution in [3.8, 4) is 0 Å². The first-order chi connectivity index (χ1) is 10.2. The molecule has 0 atom stereocenters. The second kappa shape index (κ2) is 5.32. The van der Waals surface area contributed by atoms with Gasteiger partial charge < -0.3 is 4.79 Å². The Morgan fingerprint density at radius 1 is 1.10 bits per heavy atom. The van der Waals surface area contributed by atoms with Crippen LogP contribution >= 0.6 is 0 Å². The molecule has 2 aromatic carbocycles. The molecule has 3 rings (SSSR count). The van der Waals surface area contributed by atoms with E-state index in [1.807, 2.05) is 6.07 Å². The van der Waals surface area contributed by atoms with E-state index in [0.29, 0.717) is 28.3 Å². The number of nitrogens with zero attached hydrogens (tertiary/aromatic N) is 1. The highest BCUT2D eigenvalue weighted by molar-refractivity contribution is 6.03. The summed E-state index contributed by atoms with van der Waals surface area (Å²) in [5.41, 5.74) is 1.50. The summed E-state index contributed by atoms with van der Waals surface area (Å²) < 4.78 is 15.4. The molecule has 0 N–H and O–H groups in total. The Morgan fingerprint density at radius 3 is 2.57 bits per heavy atom. The van der Waals surface area contributed by atoms with Crippen molar-refractivity contribution in [3.05, 3.63) is 71.7 Å². The lowest BCUT2D eigenvalue weighted by atomic mass is 10.1. The zero-order chi connectivity index (χ0) is 14.8. The van der Waals surface area contributed by atoms with Gasteiger partial charge in [0.25, 0.3) is 5.91 Å². The van der Waals surface area contributed by atoms with Crippen LogP contribution in [0.25, 0.3) is 10.9 Å². The van der Waals surface area contributed by atoms with Crippen LogP contribution in [-0.4, -0.2) is 16.8 Å². The standard InChI is InChI=1S/C17H12FNO2/c18-14-7-4-8-15-16(14)13(9-10-20)11-19(15)17(21)12-5-2-1-3-6-12/h1-8,10-11H,9H2. The van der Waals surface area contributed by atoms with Crippen LogP contribution in [0.5, 0.6) is 0 Å². The molecule has 4 heteroatoms. The minimum Gasteiger partial charge on any atom is -0.303 e. The number of carbonyl (C=O) groups is 2. The number of fused-ring (bicyclic) bond motifs is 1. The molecule has 0 radical (unpaired) electrons. The van der Waals surface area contributed by atoms with Crippen LogP contribution in [0.3, 0.4) is 0 Å². The van der Waals surface area contributed by atoms with Crippen molar-refractivity contribution in [3.63, 3.8) is 0 Å². The number of hydrogen-bond acceptors (Lipinski definition) is 2. The lowest BCUT2D eigenvalue weighted by Crippen LogP contribution is -2.10. The molecular formula is C17H12FNO2. The van der Waals surface area contributed by atoms with Gasteiger partial charge in [0.15, 0.2) is 0 Å². The van der Waals surface area contributed by atoms with Crippen LogP contribution in [0.2, 0.25) is 0 Å². The summed E-state index contributed by atoms with van der Waals surface area (Å²) in [5.74, 6) is -0.674. The first-order valence-electron chi connectivity index (χ1n) is 6.54. The fourth-order valence-electron chi connectivity index (χ4n) is 2.45. The maximum absolute atomic E-state index is 14.0. The summed E-state index contributed by atoms with van der Waals surface area (Å²) in [7, 11) is 0. The molecule has 1 aromatic heterocycles. The van der Waals surface area contributed by atoms with Crippen LogP contribution in [0.1, 0.15) is 15.9 Å². The normalized spacial score (nSPS) is 10.7. The maximum Gasteiger partial charge on any atom is 0.262 e. The fourth-order valence-corrected chi connectivity index (χ4v) is 2.45. The number of halogens is 1. The molecule has 3 nitrogen and oxygen atoms in total. The summed E-state index contributed by atoms with van der Waals surface area (Å²) in [6.45, 7) is 0.